The summed E-state index contributed by atoms with van der Waals surface area (Å²) in [4.78, 5) is 5.57. The van der Waals surface area contributed by atoms with Gasteiger partial charge in [-0.3, -0.25) is 9.80 Å². The molecule has 1 N–H and O–H groups in total. The summed E-state index contributed by atoms with van der Waals surface area (Å²) in [6.45, 7) is 12.2. The summed E-state index contributed by atoms with van der Waals surface area (Å²) in [7, 11) is 0. The fraction of sp³-hybridized carbons (Fsp3) is 1.00. The highest BCUT2D eigenvalue weighted by Crippen LogP contribution is 2.32. The third-order valence-corrected chi connectivity index (χ3v) is 5.08. The lowest BCUT2D eigenvalue weighted by Crippen LogP contribution is -2.60. The molecule has 0 spiro atoms. The van der Waals surface area contributed by atoms with Gasteiger partial charge >= 0.3 is 0 Å². The zero-order valence-corrected chi connectivity index (χ0v) is 12.2. The van der Waals surface area contributed by atoms with Crippen LogP contribution in [0.2, 0.25) is 0 Å². The maximum Gasteiger partial charge on any atom is 0.0247 e. The smallest absolute Gasteiger partial charge is 0.0247 e. The van der Waals surface area contributed by atoms with Gasteiger partial charge in [-0.25, -0.2) is 0 Å². The average Bonchev–Trinajstić information content (AvgIpc) is 3.07. The van der Waals surface area contributed by atoms with Gasteiger partial charge < -0.3 is 5.32 Å². The predicted molar refractivity (Wildman–Crippen MR) is 75.8 cm³/mol. The Hall–Kier alpha value is -0.120. The Morgan fingerprint density at radius 3 is 2.50 bits per heavy atom. The molecule has 2 aliphatic heterocycles. The van der Waals surface area contributed by atoms with Crippen molar-refractivity contribution in [1.29, 1.82) is 0 Å². The average molecular weight is 251 g/mol. The Morgan fingerprint density at radius 1 is 1.06 bits per heavy atom. The minimum Gasteiger partial charge on any atom is -0.311 e. The first-order valence-electron chi connectivity index (χ1n) is 7.88. The van der Waals surface area contributed by atoms with Gasteiger partial charge in [0.05, 0.1) is 0 Å². The third-order valence-electron chi connectivity index (χ3n) is 5.08. The van der Waals surface area contributed by atoms with Gasteiger partial charge in [-0.05, 0) is 32.1 Å². The maximum atomic E-state index is 3.66. The second-order valence-corrected chi connectivity index (χ2v) is 6.99. The summed E-state index contributed by atoms with van der Waals surface area (Å²) in [5.41, 5.74) is 0. The van der Waals surface area contributed by atoms with Crippen molar-refractivity contribution in [2.45, 2.75) is 64.2 Å². The first-order valence-corrected chi connectivity index (χ1v) is 7.88. The summed E-state index contributed by atoms with van der Waals surface area (Å²) in [5.74, 6) is 0.764. The van der Waals surface area contributed by atoms with Gasteiger partial charge in [-0.2, -0.15) is 0 Å². The van der Waals surface area contributed by atoms with Crippen LogP contribution in [0, 0.1) is 5.92 Å². The maximum absolute atomic E-state index is 3.66. The summed E-state index contributed by atoms with van der Waals surface area (Å²) >= 11 is 0. The van der Waals surface area contributed by atoms with Crippen LogP contribution in [0.15, 0.2) is 0 Å². The molecule has 2 saturated heterocycles. The topological polar surface area (TPSA) is 18.5 Å². The highest BCUT2D eigenvalue weighted by Gasteiger charge is 2.40. The van der Waals surface area contributed by atoms with E-state index in [-0.39, 0.29) is 0 Å². The molecule has 3 heteroatoms. The molecule has 3 unspecified atom stereocenters. The predicted octanol–water partition coefficient (Wildman–Crippen LogP) is 1.54. The van der Waals surface area contributed by atoms with Gasteiger partial charge in [-0.15, -0.1) is 0 Å². The van der Waals surface area contributed by atoms with Crippen molar-refractivity contribution in [3.05, 3.63) is 0 Å². The Labute approximate surface area is 112 Å². The molecule has 18 heavy (non-hydrogen) atoms. The Morgan fingerprint density at radius 2 is 1.83 bits per heavy atom. The molecule has 0 aromatic rings. The van der Waals surface area contributed by atoms with Gasteiger partial charge in [-0.1, -0.05) is 13.8 Å². The first kappa shape index (κ1) is 12.9. The molecule has 2 heterocycles. The van der Waals surface area contributed by atoms with E-state index in [0.717, 1.165) is 24.0 Å². The minimum atomic E-state index is 0.662. The summed E-state index contributed by atoms with van der Waals surface area (Å²) in [6.07, 6.45) is 4.31. The van der Waals surface area contributed by atoms with Crippen LogP contribution in [0.25, 0.3) is 0 Å². The number of nitrogens with one attached hydrogen (secondary N) is 1. The van der Waals surface area contributed by atoms with Crippen molar-refractivity contribution in [3.8, 4) is 0 Å². The minimum absolute atomic E-state index is 0.662. The number of hydrogen-bond donors (Lipinski definition) is 1. The first-order chi connectivity index (χ1) is 8.65. The summed E-state index contributed by atoms with van der Waals surface area (Å²) in [5, 5.41) is 3.66. The molecule has 3 nitrogen and oxygen atoms in total. The fourth-order valence-electron chi connectivity index (χ4n) is 3.80. The van der Waals surface area contributed by atoms with E-state index in [1.807, 2.05) is 0 Å². The highest BCUT2D eigenvalue weighted by molar-refractivity contribution is 4.97. The van der Waals surface area contributed by atoms with Crippen molar-refractivity contribution < 1.29 is 0 Å². The SMILES string of the molecule is CC1CN(C2CCN(C3CC3)C2)C(C(C)C)CN1. The highest BCUT2D eigenvalue weighted by atomic mass is 15.3. The van der Waals surface area contributed by atoms with Crippen molar-refractivity contribution in [3.63, 3.8) is 0 Å². The molecule has 3 atom stereocenters. The Bertz CT molecular complexity index is 287. The molecule has 3 fully saturated rings. The molecule has 0 aromatic carbocycles. The van der Waals surface area contributed by atoms with E-state index in [2.05, 4.69) is 35.9 Å². The molecule has 0 aromatic heterocycles. The van der Waals surface area contributed by atoms with Gasteiger partial charge in [0.2, 0.25) is 0 Å². The number of likely N-dealkylation sites (tertiary alicyclic amines) is 1. The largest absolute Gasteiger partial charge is 0.311 e. The number of piperazine rings is 1. The van der Waals surface area contributed by atoms with Crippen LogP contribution in [0.4, 0.5) is 0 Å². The summed E-state index contributed by atoms with van der Waals surface area (Å²) < 4.78 is 0. The molecule has 3 rings (SSSR count). The molecule has 0 bridgehead atoms. The lowest BCUT2D eigenvalue weighted by Gasteiger charge is -2.44. The molecule has 3 aliphatic rings. The lowest BCUT2D eigenvalue weighted by molar-refractivity contribution is 0.0614. The fourth-order valence-corrected chi connectivity index (χ4v) is 3.80. The zero-order chi connectivity index (χ0) is 12.7. The van der Waals surface area contributed by atoms with Crippen LogP contribution in [-0.4, -0.2) is 60.1 Å². The van der Waals surface area contributed by atoms with Gasteiger partial charge in [0, 0.05) is 50.3 Å². The quantitative estimate of drug-likeness (QED) is 0.821. The van der Waals surface area contributed by atoms with Crippen LogP contribution in [0.1, 0.15) is 40.0 Å². The van der Waals surface area contributed by atoms with Gasteiger partial charge in [0.1, 0.15) is 0 Å². The van der Waals surface area contributed by atoms with E-state index in [0.29, 0.717) is 6.04 Å². The molecule has 0 radical (unpaired) electrons. The van der Waals surface area contributed by atoms with E-state index in [9.17, 15) is 0 Å². The number of hydrogen-bond acceptors (Lipinski definition) is 3. The Balaban J connectivity index is 1.64. The van der Waals surface area contributed by atoms with Crippen molar-refractivity contribution >= 4 is 0 Å². The van der Waals surface area contributed by atoms with Crippen LogP contribution >= 0.6 is 0 Å². The lowest BCUT2D eigenvalue weighted by atomic mass is 9.96. The van der Waals surface area contributed by atoms with Crippen LogP contribution in [-0.2, 0) is 0 Å². The summed E-state index contributed by atoms with van der Waals surface area (Å²) in [6, 6.07) is 3.18. The van der Waals surface area contributed by atoms with Crippen LogP contribution < -0.4 is 5.32 Å². The van der Waals surface area contributed by atoms with E-state index in [4.69, 9.17) is 0 Å². The van der Waals surface area contributed by atoms with Crippen molar-refractivity contribution in [2.75, 3.05) is 26.2 Å². The monoisotopic (exact) mass is 251 g/mol. The van der Waals surface area contributed by atoms with Crippen LogP contribution in [0.3, 0.4) is 0 Å². The molecular formula is C15H29N3. The molecule has 1 saturated carbocycles. The normalized spacial score (nSPS) is 39.7. The van der Waals surface area contributed by atoms with E-state index < -0.39 is 0 Å². The van der Waals surface area contributed by atoms with Crippen molar-refractivity contribution in [2.24, 2.45) is 5.92 Å². The standard InChI is InChI=1S/C15H29N3/c1-11(2)15-8-16-12(3)9-18(15)14-6-7-17(10-14)13-4-5-13/h11-16H,4-10H2,1-3H3. The van der Waals surface area contributed by atoms with Crippen LogP contribution in [0.5, 0.6) is 0 Å². The van der Waals surface area contributed by atoms with Gasteiger partial charge in [0.25, 0.3) is 0 Å². The van der Waals surface area contributed by atoms with E-state index in [1.165, 1.54) is 45.4 Å². The Kier molecular flexibility index (Phi) is 3.65. The van der Waals surface area contributed by atoms with E-state index in [1.54, 1.807) is 0 Å². The third kappa shape index (κ3) is 2.59. The van der Waals surface area contributed by atoms with Crippen molar-refractivity contribution in [1.82, 2.24) is 15.1 Å². The molecule has 1 aliphatic carbocycles. The molecular weight excluding hydrogens is 222 g/mol. The second-order valence-electron chi connectivity index (χ2n) is 6.99. The number of rotatable bonds is 3. The van der Waals surface area contributed by atoms with E-state index >= 15 is 0 Å². The molecule has 0 amide bonds. The zero-order valence-electron chi connectivity index (χ0n) is 12.2. The number of nitrogens with zero attached hydrogens (tertiary/aromatic N) is 2. The van der Waals surface area contributed by atoms with Gasteiger partial charge in [0.15, 0.2) is 0 Å². The molecule has 104 valence electrons. The second kappa shape index (κ2) is 5.10.